The fourth-order valence-corrected chi connectivity index (χ4v) is 16.2. The smallest absolute Gasteiger partial charge is 0.320 e. The molecule has 0 spiro atoms. The van der Waals surface area contributed by atoms with Gasteiger partial charge in [-0.05, 0) is 71.2 Å². The summed E-state index contributed by atoms with van der Waals surface area (Å²) in [5.41, 5.74) is 0.0797. The van der Waals surface area contributed by atoms with Gasteiger partial charge >= 0.3 is 5.97 Å². The summed E-state index contributed by atoms with van der Waals surface area (Å²) < 4.78 is 20.4. The van der Waals surface area contributed by atoms with Crippen LogP contribution < -0.4 is 10.4 Å². The van der Waals surface area contributed by atoms with E-state index in [9.17, 15) is 14.4 Å². The van der Waals surface area contributed by atoms with Crippen molar-refractivity contribution in [3.8, 4) is 0 Å². The zero-order chi connectivity index (χ0) is 36.5. The van der Waals surface area contributed by atoms with Gasteiger partial charge in [0.15, 0.2) is 19.9 Å². The van der Waals surface area contributed by atoms with Crippen LogP contribution in [0.5, 0.6) is 0 Å². The lowest BCUT2D eigenvalue weighted by Gasteiger charge is -2.57. The van der Waals surface area contributed by atoms with Crippen molar-refractivity contribution in [2.24, 2.45) is 22.7 Å². The van der Waals surface area contributed by atoms with Crippen LogP contribution in [0.2, 0.25) is 23.2 Å². The summed E-state index contributed by atoms with van der Waals surface area (Å²) in [7, 11) is -3.75. The molecule has 6 atom stereocenters. The van der Waals surface area contributed by atoms with Gasteiger partial charge in [-0.25, -0.2) is 0 Å². The number of allylic oxidation sites excluding steroid dienone is 1. The summed E-state index contributed by atoms with van der Waals surface area (Å²) in [6.45, 7) is 20.3. The van der Waals surface area contributed by atoms with Crippen molar-refractivity contribution in [2.75, 3.05) is 7.11 Å². The van der Waals surface area contributed by atoms with Crippen molar-refractivity contribution in [2.45, 2.75) is 129 Å². The number of ketones is 2. The van der Waals surface area contributed by atoms with Crippen LogP contribution >= 0.6 is 0 Å². The van der Waals surface area contributed by atoms with E-state index in [1.54, 1.807) is 0 Å². The highest BCUT2D eigenvalue weighted by atomic mass is 28.4. The molecule has 0 unspecified atom stereocenters. The fourth-order valence-electron chi connectivity index (χ4n) is 10.0. The third-order valence-corrected chi connectivity index (χ3v) is 23.1. The van der Waals surface area contributed by atoms with Gasteiger partial charge in [-0.15, -0.1) is 0 Å². The number of hydrogen-bond acceptors (Lipinski definition) is 6. The molecule has 8 heteroatoms. The molecular formula is C42H58O6Si2. The Hall–Kier alpha value is -2.66. The first kappa shape index (κ1) is 37.1. The van der Waals surface area contributed by atoms with E-state index in [4.69, 9.17) is 13.6 Å². The van der Waals surface area contributed by atoms with Crippen LogP contribution in [0.1, 0.15) is 93.4 Å². The Morgan fingerprint density at radius 1 is 0.800 bits per heavy atom. The van der Waals surface area contributed by atoms with Crippen molar-refractivity contribution in [1.29, 1.82) is 0 Å². The van der Waals surface area contributed by atoms with Gasteiger partial charge in [-0.3, -0.25) is 14.4 Å². The maximum absolute atomic E-state index is 14.7. The van der Waals surface area contributed by atoms with E-state index in [0.717, 1.165) is 40.8 Å². The minimum Gasteiger partial charge on any atom is -0.468 e. The Kier molecular flexibility index (Phi) is 9.49. The average molecular weight is 715 g/mol. The Bertz CT molecular complexity index is 1620. The number of carbonyl (C=O) groups excluding carboxylic acids is 3. The Morgan fingerprint density at radius 2 is 1.38 bits per heavy atom. The highest BCUT2D eigenvalue weighted by molar-refractivity contribution is 6.99. The molecule has 0 aliphatic heterocycles. The van der Waals surface area contributed by atoms with E-state index in [-0.39, 0.29) is 46.0 Å². The molecule has 6 nitrogen and oxygen atoms in total. The van der Waals surface area contributed by atoms with Crippen LogP contribution in [-0.2, 0) is 28.0 Å². The van der Waals surface area contributed by atoms with Gasteiger partial charge in [-0.2, -0.15) is 0 Å². The molecule has 6 rings (SSSR count). The van der Waals surface area contributed by atoms with Crippen molar-refractivity contribution in [3.63, 3.8) is 0 Å². The molecule has 3 fully saturated rings. The number of ether oxygens (including phenoxy) is 1. The van der Waals surface area contributed by atoms with E-state index in [2.05, 4.69) is 110 Å². The van der Waals surface area contributed by atoms with Gasteiger partial charge in [-0.1, -0.05) is 115 Å². The Morgan fingerprint density at radius 3 is 1.90 bits per heavy atom. The molecule has 0 radical (unpaired) electrons. The SMILES string of the molecule is COC(=O)[C@@]12C(=O)CC[C@H](O[Si](c3ccccc3)(c3ccccc3)C(C)(C)C)[C@@H]1CC(=O)C1=C3CC[C@H](O[Si](C)(C)C(C)(C)C)[C@@]3(C)CC[C@H]12. The zero-order valence-electron chi connectivity index (χ0n) is 32.0. The summed E-state index contributed by atoms with van der Waals surface area (Å²) >= 11 is 0. The first-order valence-corrected chi connectivity index (χ1v) is 23.5. The Labute approximate surface area is 302 Å². The molecule has 3 saturated carbocycles. The second-order valence-corrected chi connectivity index (χ2v) is 27.2. The van der Waals surface area contributed by atoms with E-state index in [1.807, 2.05) is 12.1 Å². The topological polar surface area (TPSA) is 78.9 Å². The third kappa shape index (κ3) is 5.50. The van der Waals surface area contributed by atoms with Crippen molar-refractivity contribution < 1.29 is 28.0 Å². The van der Waals surface area contributed by atoms with E-state index < -0.39 is 46.0 Å². The average Bonchev–Trinajstić information content (AvgIpc) is 3.38. The van der Waals surface area contributed by atoms with Crippen LogP contribution in [0.3, 0.4) is 0 Å². The molecule has 0 N–H and O–H groups in total. The van der Waals surface area contributed by atoms with Gasteiger partial charge in [0.05, 0.1) is 19.3 Å². The maximum atomic E-state index is 14.7. The van der Waals surface area contributed by atoms with E-state index in [1.165, 1.54) is 7.11 Å². The van der Waals surface area contributed by atoms with Crippen LogP contribution in [0.15, 0.2) is 71.8 Å². The Balaban J connectivity index is 1.48. The largest absolute Gasteiger partial charge is 0.468 e. The van der Waals surface area contributed by atoms with Crippen molar-refractivity contribution >= 4 is 44.5 Å². The van der Waals surface area contributed by atoms with Crippen molar-refractivity contribution in [3.05, 3.63) is 71.8 Å². The number of hydrogen-bond donors (Lipinski definition) is 0. The minimum absolute atomic E-state index is 0.0136. The predicted octanol–water partition coefficient (Wildman–Crippen LogP) is 7.94. The summed E-state index contributed by atoms with van der Waals surface area (Å²) in [6, 6.07) is 20.9. The first-order chi connectivity index (χ1) is 23.4. The zero-order valence-corrected chi connectivity index (χ0v) is 34.0. The second kappa shape index (κ2) is 12.8. The standard InChI is InChI=1S/C42H58O6Si2/c1-39(2,3)49(9,10)48-36-24-21-30-37-31(25-26-41(30,36)7)42(38(45)46-8)32(27-33(37)43)34(22-23-35(42)44)47-50(40(4,5)6,28-17-13-11-14-18-28)29-19-15-12-16-20-29/h11-20,31-32,34,36H,21-27H2,1-10H3/t31-,32+,34+,36+,41+,42-/m1/s1. The highest BCUT2D eigenvalue weighted by Crippen LogP contribution is 2.64. The summed E-state index contributed by atoms with van der Waals surface area (Å²) in [6.07, 6.45) is 3.27. The van der Waals surface area contributed by atoms with Crippen molar-refractivity contribution in [1.82, 2.24) is 0 Å². The highest BCUT2D eigenvalue weighted by Gasteiger charge is 2.69. The lowest BCUT2D eigenvalue weighted by molar-refractivity contribution is -0.178. The number of carbonyl (C=O) groups is 3. The monoisotopic (exact) mass is 714 g/mol. The number of esters is 1. The molecular weight excluding hydrogens is 657 g/mol. The molecule has 270 valence electrons. The molecule has 0 saturated heterocycles. The van der Waals surface area contributed by atoms with Crippen LogP contribution in [0.25, 0.3) is 0 Å². The predicted molar refractivity (Wildman–Crippen MR) is 203 cm³/mol. The number of fused-ring (bicyclic) bond motifs is 4. The van der Waals surface area contributed by atoms with Crippen LogP contribution in [0.4, 0.5) is 0 Å². The van der Waals surface area contributed by atoms with Gasteiger partial charge in [0, 0.05) is 30.1 Å². The molecule has 0 aromatic heterocycles. The number of rotatable bonds is 7. The van der Waals surface area contributed by atoms with Gasteiger partial charge in [0.2, 0.25) is 0 Å². The van der Waals surface area contributed by atoms with E-state index in [0.29, 0.717) is 12.8 Å². The normalized spacial score (nSPS) is 30.4. The fraction of sp³-hybridized carbons (Fsp3) is 0.595. The van der Waals surface area contributed by atoms with Gasteiger partial charge < -0.3 is 13.6 Å². The lowest BCUT2D eigenvalue weighted by Crippen LogP contribution is -2.70. The summed E-state index contributed by atoms with van der Waals surface area (Å²) in [4.78, 5) is 43.8. The van der Waals surface area contributed by atoms with E-state index >= 15 is 0 Å². The molecule has 2 aromatic rings. The lowest BCUT2D eigenvalue weighted by atomic mass is 9.47. The molecule has 4 aliphatic carbocycles. The maximum Gasteiger partial charge on any atom is 0.320 e. The summed E-state index contributed by atoms with van der Waals surface area (Å²) in [5, 5.41) is 2.04. The molecule has 2 aromatic carbocycles. The molecule has 0 heterocycles. The van der Waals surface area contributed by atoms with Crippen LogP contribution in [0, 0.1) is 22.7 Å². The summed E-state index contributed by atoms with van der Waals surface area (Å²) in [5.74, 6) is -1.66. The molecule has 50 heavy (non-hydrogen) atoms. The second-order valence-electron chi connectivity index (χ2n) is 18.2. The van der Waals surface area contributed by atoms with Gasteiger partial charge in [0.25, 0.3) is 8.32 Å². The minimum atomic E-state index is -3.06. The number of methoxy groups -OCH3 is 1. The number of Topliss-reactive ketones (excluding diaryl/α,β-unsaturated/α-hetero) is 2. The van der Waals surface area contributed by atoms with Crippen LogP contribution in [-0.4, -0.2) is 53.5 Å². The van der Waals surface area contributed by atoms with Gasteiger partial charge in [0.1, 0.15) is 5.41 Å². The third-order valence-electron chi connectivity index (χ3n) is 13.6. The molecule has 0 bridgehead atoms. The molecule has 0 amide bonds. The molecule has 4 aliphatic rings. The first-order valence-electron chi connectivity index (χ1n) is 18.7. The number of benzene rings is 2. The quantitative estimate of drug-likeness (QED) is 0.165.